The molecule has 24 heavy (non-hydrogen) atoms. The van der Waals surface area contributed by atoms with Crippen molar-refractivity contribution in [3.8, 4) is 5.75 Å². The first kappa shape index (κ1) is 17.1. The van der Waals surface area contributed by atoms with Crippen LogP contribution in [-0.2, 0) is 9.59 Å². The van der Waals surface area contributed by atoms with Gasteiger partial charge in [0.1, 0.15) is 11.8 Å². The monoisotopic (exact) mass is 349 g/mol. The van der Waals surface area contributed by atoms with Gasteiger partial charge in [-0.25, -0.2) is 0 Å². The van der Waals surface area contributed by atoms with E-state index in [4.69, 9.17) is 4.74 Å². The predicted octanol–water partition coefficient (Wildman–Crippen LogP) is 0.866. The average Bonchev–Trinajstić information content (AvgIpc) is 3.43. The van der Waals surface area contributed by atoms with Crippen molar-refractivity contribution in [1.29, 1.82) is 0 Å². The Bertz CT molecular complexity index is 606. The quantitative estimate of drug-likeness (QED) is 0.746. The Morgan fingerprint density at radius 1 is 1.42 bits per heavy atom. The number of hydrogen-bond acceptors (Lipinski definition) is 5. The van der Waals surface area contributed by atoms with Crippen LogP contribution in [0.5, 0.6) is 5.75 Å². The Morgan fingerprint density at radius 3 is 3.00 bits per heavy atom. The van der Waals surface area contributed by atoms with Crippen molar-refractivity contribution in [1.82, 2.24) is 15.5 Å². The maximum atomic E-state index is 12.6. The summed E-state index contributed by atoms with van der Waals surface area (Å²) in [4.78, 5) is 27.7. The Labute approximate surface area is 146 Å². The van der Waals surface area contributed by atoms with E-state index in [9.17, 15) is 9.59 Å². The van der Waals surface area contributed by atoms with Gasteiger partial charge in [-0.3, -0.25) is 9.59 Å². The van der Waals surface area contributed by atoms with Crippen LogP contribution in [0.25, 0.3) is 0 Å². The topological polar surface area (TPSA) is 70.7 Å². The molecule has 0 radical (unpaired) electrons. The molecule has 1 aromatic rings. The molecule has 0 bridgehead atoms. The highest BCUT2D eigenvalue weighted by Gasteiger charge is 2.34. The van der Waals surface area contributed by atoms with Gasteiger partial charge >= 0.3 is 0 Å². The maximum absolute atomic E-state index is 12.6. The van der Waals surface area contributed by atoms with Crippen LogP contribution in [0.3, 0.4) is 0 Å². The van der Waals surface area contributed by atoms with Crippen molar-refractivity contribution in [2.24, 2.45) is 0 Å². The third kappa shape index (κ3) is 4.42. The van der Waals surface area contributed by atoms with E-state index in [1.165, 1.54) is 11.8 Å². The number of piperazine rings is 1. The van der Waals surface area contributed by atoms with Gasteiger partial charge in [-0.05, 0) is 31.0 Å². The van der Waals surface area contributed by atoms with E-state index >= 15 is 0 Å². The Morgan fingerprint density at radius 2 is 2.25 bits per heavy atom. The molecule has 7 heteroatoms. The van der Waals surface area contributed by atoms with Crippen LogP contribution < -0.4 is 15.4 Å². The van der Waals surface area contributed by atoms with Crippen LogP contribution in [0, 0.1) is 0 Å². The van der Waals surface area contributed by atoms with Crippen LogP contribution in [0.2, 0.25) is 0 Å². The van der Waals surface area contributed by atoms with Crippen LogP contribution in [0.4, 0.5) is 0 Å². The van der Waals surface area contributed by atoms with E-state index in [0.717, 1.165) is 30.0 Å². The summed E-state index contributed by atoms with van der Waals surface area (Å²) in [5.41, 5.74) is 0. The van der Waals surface area contributed by atoms with Crippen molar-refractivity contribution in [2.75, 3.05) is 32.5 Å². The Kier molecular flexibility index (Phi) is 5.63. The first-order chi connectivity index (χ1) is 11.7. The van der Waals surface area contributed by atoms with Gasteiger partial charge in [-0.15, -0.1) is 11.8 Å². The van der Waals surface area contributed by atoms with Crippen molar-refractivity contribution in [3.05, 3.63) is 24.3 Å². The number of nitrogens with zero attached hydrogens (tertiary/aromatic N) is 1. The zero-order valence-corrected chi connectivity index (χ0v) is 14.6. The Hall–Kier alpha value is -1.73. The number of nitrogens with one attached hydrogen (secondary N) is 2. The molecule has 6 nitrogen and oxygen atoms in total. The van der Waals surface area contributed by atoms with E-state index < -0.39 is 6.04 Å². The normalized spacial score (nSPS) is 20.5. The summed E-state index contributed by atoms with van der Waals surface area (Å²) in [5.74, 6) is 1.06. The lowest BCUT2D eigenvalue weighted by molar-refractivity contribution is -0.139. The van der Waals surface area contributed by atoms with Crippen molar-refractivity contribution in [2.45, 2.75) is 29.8 Å². The highest BCUT2D eigenvalue weighted by molar-refractivity contribution is 8.00. The molecule has 130 valence electrons. The van der Waals surface area contributed by atoms with E-state index in [2.05, 4.69) is 10.6 Å². The molecule has 1 aliphatic heterocycles. The third-order valence-electron chi connectivity index (χ3n) is 4.19. The van der Waals surface area contributed by atoms with Gasteiger partial charge in [0.2, 0.25) is 11.8 Å². The molecule has 1 aromatic carbocycles. The zero-order valence-electron chi connectivity index (χ0n) is 13.8. The summed E-state index contributed by atoms with van der Waals surface area (Å²) < 4.78 is 5.20. The molecule has 0 aromatic heterocycles. The second-order valence-electron chi connectivity index (χ2n) is 6.06. The molecule has 3 rings (SSSR count). The molecular weight excluding hydrogens is 326 g/mol. The number of hydrogen-bond donors (Lipinski definition) is 2. The standard InChI is InChI=1S/C17H23N3O3S/c1-23-13-3-2-4-14(9-13)24-11-16(21)20-8-7-18-10-15(20)17(22)19-12-5-6-12/h2-4,9,12,15,18H,5-8,10-11H2,1H3,(H,19,22). The lowest BCUT2D eigenvalue weighted by atomic mass is 10.1. The van der Waals surface area contributed by atoms with Crippen LogP contribution in [-0.4, -0.2) is 61.3 Å². The largest absolute Gasteiger partial charge is 0.497 e. The number of amides is 2. The molecule has 1 aliphatic carbocycles. The SMILES string of the molecule is COc1cccc(SCC(=O)N2CCNCC2C(=O)NC2CC2)c1. The van der Waals surface area contributed by atoms with Gasteiger partial charge in [0.15, 0.2) is 0 Å². The van der Waals surface area contributed by atoms with Crippen molar-refractivity contribution >= 4 is 23.6 Å². The molecule has 1 saturated heterocycles. The molecule has 2 aliphatic rings. The van der Waals surface area contributed by atoms with E-state index in [1.54, 1.807) is 12.0 Å². The fourth-order valence-electron chi connectivity index (χ4n) is 2.68. The zero-order chi connectivity index (χ0) is 16.9. The molecular formula is C17H23N3O3S. The minimum Gasteiger partial charge on any atom is -0.497 e. The minimum atomic E-state index is -0.405. The lowest BCUT2D eigenvalue weighted by Crippen LogP contribution is -2.60. The van der Waals surface area contributed by atoms with Gasteiger partial charge in [0.25, 0.3) is 0 Å². The highest BCUT2D eigenvalue weighted by Crippen LogP contribution is 2.24. The molecule has 0 spiro atoms. The number of benzene rings is 1. The molecule has 1 heterocycles. The number of thioether (sulfide) groups is 1. The fourth-order valence-corrected chi connectivity index (χ4v) is 3.51. The molecule has 2 amide bonds. The van der Waals surface area contributed by atoms with Crippen molar-refractivity contribution in [3.63, 3.8) is 0 Å². The number of carbonyl (C=O) groups excluding carboxylic acids is 2. The average molecular weight is 349 g/mol. The van der Waals surface area contributed by atoms with E-state index in [-0.39, 0.29) is 11.8 Å². The van der Waals surface area contributed by atoms with E-state index in [1.807, 2.05) is 24.3 Å². The first-order valence-corrected chi connectivity index (χ1v) is 9.23. The number of methoxy groups -OCH3 is 1. The van der Waals surface area contributed by atoms with Crippen LogP contribution in [0.15, 0.2) is 29.2 Å². The summed E-state index contributed by atoms with van der Waals surface area (Å²) in [5, 5.41) is 6.21. The predicted molar refractivity (Wildman–Crippen MR) is 93.3 cm³/mol. The summed E-state index contributed by atoms with van der Waals surface area (Å²) in [6.07, 6.45) is 2.09. The lowest BCUT2D eigenvalue weighted by Gasteiger charge is -2.35. The molecule has 2 N–H and O–H groups in total. The third-order valence-corrected chi connectivity index (χ3v) is 5.17. The summed E-state index contributed by atoms with van der Waals surface area (Å²) >= 11 is 1.47. The van der Waals surface area contributed by atoms with Gasteiger partial charge in [0, 0.05) is 30.6 Å². The summed E-state index contributed by atoms with van der Waals surface area (Å²) in [7, 11) is 1.62. The smallest absolute Gasteiger partial charge is 0.244 e. The summed E-state index contributed by atoms with van der Waals surface area (Å²) in [6, 6.07) is 7.55. The van der Waals surface area contributed by atoms with Gasteiger partial charge in [-0.1, -0.05) is 6.07 Å². The van der Waals surface area contributed by atoms with Crippen LogP contribution in [0.1, 0.15) is 12.8 Å². The van der Waals surface area contributed by atoms with E-state index in [0.29, 0.717) is 24.9 Å². The number of rotatable bonds is 6. The Balaban J connectivity index is 1.57. The number of ether oxygens (including phenoxy) is 1. The molecule has 1 saturated carbocycles. The molecule has 2 fully saturated rings. The van der Waals surface area contributed by atoms with Gasteiger partial charge < -0.3 is 20.3 Å². The second-order valence-corrected chi connectivity index (χ2v) is 7.11. The summed E-state index contributed by atoms with van der Waals surface area (Å²) in [6.45, 7) is 1.82. The van der Waals surface area contributed by atoms with Gasteiger partial charge in [0.05, 0.1) is 12.9 Å². The van der Waals surface area contributed by atoms with Gasteiger partial charge in [-0.2, -0.15) is 0 Å². The first-order valence-electron chi connectivity index (χ1n) is 8.25. The number of carbonyl (C=O) groups is 2. The second kappa shape index (κ2) is 7.90. The molecule has 1 atom stereocenters. The minimum absolute atomic E-state index is 0.000247. The highest BCUT2D eigenvalue weighted by atomic mass is 32.2. The fraction of sp³-hybridized carbons (Fsp3) is 0.529. The molecule has 1 unspecified atom stereocenters. The maximum Gasteiger partial charge on any atom is 0.244 e. The van der Waals surface area contributed by atoms with Crippen molar-refractivity contribution < 1.29 is 14.3 Å². The van der Waals surface area contributed by atoms with Crippen LogP contribution >= 0.6 is 11.8 Å².